The van der Waals surface area contributed by atoms with Gasteiger partial charge in [-0.1, -0.05) is 291 Å². The summed E-state index contributed by atoms with van der Waals surface area (Å²) in [4.78, 5) is 0. The van der Waals surface area contributed by atoms with E-state index in [0.717, 1.165) is 125 Å². The Balaban J connectivity index is -0.0000000913. The van der Waals surface area contributed by atoms with Gasteiger partial charge in [-0.15, -0.1) is 0 Å². The second-order valence-electron chi connectivity index (χ2n) is 31.2. The lowest BCUT2D eigenvalue weighted by molar-refractivity contribution is 0.0968. The molecule has 0 amide bonds. The van der Waals surface area contributed by atoms with Crippen LogP contribution in [0.1, 0.15) is 343 Å². The van der Waals surface area contributed by atoms with Crippen molar-refractivity contribution in [1.29, 1.82) is 0 Å². The van der Waals surface area contributed by atoms with E-state index in [1.165, 1.54) is 187 Å². The molecular formula is C79H185N7O2. The standard InChI is InChI=1S/C5H11N.C5H10O.C5H10.C4H10N2.C4H9NO.C4H9N.C4H8.10C4H10.C3H7N.C3H6.C2H5N/c2*1-2-4-6-5-3-1;1-2-4-5-3-1;1-2-6-4-3-5-1;1-3-6-4-2-5-1;1-2-4-5-3-1;1-2-4-3-1;10*1-4(2)3;1-2-4-3-1;2*1-2-3-1/h6H,1-5H2;1-5H2;1-5H2;5-6H,1-4H2;5H,1-4H2;5H,1-4H2;1-4H2;10*4H,1-3H3;4H,1-3H2;1-3H2;3H,1-2H2. The molecule has 0 aromatic heterocycles. The first-order valence-corrected chi connectivity index (χ1v) is 38.4. The third-order valence-corrected chi connectivity index (χ3v) is 8.61. The van der Waals surface area contributed by atoms with Crippen LogP contribution in [0.3, 0.4) is 0 Å². The van der Waals surface area contributed by atoms with E-state index in [1.807, 2.05) is 0 Å². The van der Waals surface area contributed by atoms with Crippen LogP contribution in [-0.4, -0.2) is 118 Å². The maximum absolute atomic E-state index is 5.07. The lowest BCUT2D eigenvalue weighted by atomic mass is 10.0. The van der Waals surface area contributed by atoms with E-state index >= 15 is 0 Å². The molecule has 0 aromatic carbocycles. The molecule has 0 radical (unpaired) electrons. The van der Waals surface area contributed by atoms with Crippen LogP contribution in [0, 0.1) is 59.2 Å². The predicted molar refractivity (Wildman–Crippen MR) is 414 cm³/mol. The van der Waals surface area contributed by atoms with Gasteiger partial charge in [0.1, 0.15) is 0 Å². The zero-order valence-electron chi connectivity index (χ0n) is 67.7. The Morgan fingerprint density at radius 1 is 0.136 bits per heavy atom. The minimum absolute atomic E-state index is 0.833. The SMILES string of the molecule is C1CC1.C1CCC1.C1CCCC1.C1CCNC1.C1CCNCC1.C1CCOCC1.C1CN1.C1CNC1.C1CNCCN1.C1COCCN1.CC(C)C.CC(C)C.CC(C)C.CC(C)C.CC(C)C.CC(C)C.CC(C)C.CC(C)C.CC(C)C.CC(C)C. The summed E-state index contributed by atoms with van der Waals surface area (Å²) >= 11 is 0. The molecule has 0 spiro atoms. The van der Waals surface area contributed by atoms with E-state index in [-0.39, 0.29) is 0 Å². The highest BCUT2D eigenvalue weighted by atomic mass is 16.5. The third kappa shape index (κ3) is 322. The van der Waals surface area contributed by atoms with E-state index in [2.05, 4.69) is 245 Å². The summed E-state index contributed by atoms with van der Waals surface area (Å²) in [6.45, 7) is 85.4. The molecule has 10 rings (SSSR count). The second-order valence-corrected chi connectivity index (χ2v) is 31.2. The maximum Gasteiger partial charge on any atom is 0.0591 e. The number of piperazine rings is 1. The van der Waals surface area contributed by atoms with Crippen molar-refractivity contribution >= 4 is 0 Å². The van der Waals surface area contributed by atoms with E-state index < -0.39 is 0 Å². The van der Waals surface area contributed by atoms with Crippen LogP contribution < -0.4 is 37.2 Å². The summed E-state index contributed by atoms with van der Waals surface area (Å²) in [6.07, 6.45) is 30.3. The minimum atomic E-state index is 0.833. The van der Waals surface area contributed by atoms with Gasteiger partial charge in [-0.25, -0.2) is 0 Å². The summed E-state index contributed by atoms with van der Waals surface area (Å²) in [6, 6.07) is 0. The highest BCUT2D eigenvalue weighted by molar-refractivity contribution is 4.60. The van der Waals surface area contributed by atoms with Crippen molar-refractivity contribution in [2.24, 2.45) is 59.2 Å². The molecule has 3 aliphatic carbocycles. The molecule has 7 heterocycles. The summed E-state index contributed by atoms with van der Waals surface area (Å²) in [5, 5.41) is 22.2. The van der Waals surface area contributed by atoms with Gasteiger partial charge in [-0.2, -0.15) is 0 Å². The predicted octanol–water partition coefficient (Wildman–Crippen LogP) is 22.0. The quantitative estimate of drug-likeness (QED) is 0.119. The number of piperidine rings is 1. The Hall–Kier alpha value is -0.360. The maximum atomic E-state index is 5.07. The van der Waals surface area contributed by atoms with Crippen LogP contribution in [0.15, 0.2) is 0 Å². The zero-order valence-corrected chi connectivity index (χ0v) is 67.7. The van der Waals surface area contributed by atoms with Crippen LogP contribution in [0.4, 0.5) is 0 Å². The fourth-order valence-electron chi connectivity index (χ4n) is 4.54. The summed E-state index contributed by atoms with van der Waals surface area (Å²) in [5.41, 5.74) is 0. The average Bonchev–Trinajstić information content (AvgIpc) is 4.34. The van der Waals surface area contributed by atoms with Gasteiger partial charge in [0.2, 0.25) is 0 Å². The van der Waals surface area contributed by atoms with Gasteiger partial charge in [-0.05, 0) is 150 Å². The molecule has 0 aromatic rings. The number of rotatable bonds is 0. The Morgan fingerprint density at radius 2 is 0.250 bits per heavy atom. The molecule has 9 heteroatoms. The van der Waals surface area contributed by atoms with E-state index in [0.29, 0.717) is 0 Å². The molecule has 3 saturated carbocycles. The fraction of sp³-hybridized carbons (Fsp3) is 1.00. The van der Waals surface area contributed by atoms with Crippen LogP contribution in [0.2, 0.25) is 0 Å². The molecule has 0 atom stereocenters. The highest BCUT2D eigenvalue weighted by Crippen LogP contribution is 2.16. The Morgan fingerprint density at radius 3 is 0.318 bits per heavy atom. The normalized spacial score (nSPS) is 17.2. The first-order valence-electron chi connectivity index (χ1n) is 38.4. The van der Waals surface area contributed by atoms with Crippen molar-refractivity contribution in [2.45, 2.75) is 343 Å². The van der Waals surface area contributed by atoms with E-state index in [4.69, 9.17) is 9.47 Å². The second kappa shape index (κ2) is 105. The van der Waals surface area contributed by atoms with Crippen LogP contribution >= 0.6 is 0 Å². The van der Waals surface area contributed by atoms with Crippen molar-refractivity contribution in [3.8, 4) is 0 Å². The molecule has 0 unspecified atom stereocenters. The zero-order chi connectivity index (χ0) is 69.7. The molecule has 9 nitrogen and oxygen atoms in total. The summed E-state index contributed by atoms with van der Waals surface area (Å²) < 4.78 is 10.1. The summed E-state index contributed by atoms with van der Waals surface area (Å²) in [7, 11) is 0. The monoisotopic (exact) mass is 1260 g/mol. The van der Waals surface area contributed by atoms with Crippen molar-refractivity contribution in [2.75, 3.05) is 118 Å². The molecule has 10 aliphatic rings. The van der Waals surface area contributed by atoms with Crippen molar-refractivity contribution in [3.05, 3.63) is 0 Å². The lowest BCUT2D eigenvalue weighted by Gasteiger charge is -2.11. The molecule has 10 fully saturated rings. The molecule has 88 heavy (non-hydrogen) atoms. The molecule has 7 saturated heterocycles. The number of nitrogens with one attached hydrogen (secondary N) is 7. The number of hydrogen-bond donors (Lipinski definition) is 7. The van der Waals surface area contributed by atoms with Crippen LogP contribution in [0.5, 0.6) is 0 Å². The van der Waals surface area contributed by atoms with E-state index in [1.54, 1.807) is 0 Å². The molecule has 0 bridgehead atoms. The van der Waals surface area contributed by atoms with Crippen LogP contribution in [-0.2, 0) is 9.47 Å². The van der Waals surface area contributed by atoms with Gasteiger partial charge >= 0.3 is 0 Å². The van der Waals surface area contributed by atoms with Gasteiger partial charge in [0.25, 0.3) is 0 Å². The highest BCUT2D eigenvalue weighted by Gasteiger charge is 1.98. The van der Waals surface area contributed by atoms with Gasteiger partial charge in [0, 0.05) is 65.6 Å². The van der Waals surface area contributed by atoms with Gasteiger partial charge in [0.15, 0.2) is 0 Å². The minimum Gasteiger partial charge on any atom is -0.381 e. The first kappa shape index (κ1) is 109. The number of morpholine rings is 1. The largest absolute Gasteiger partial charge is 0.381 e. The van der Waals surface area contributed by atoms with Crippen molar-refractivity contribution in [3.63, 3.8) is 0 Å². The average molecular weight is 1270 g/mol. The molecular weight excluding hydrogens is 1080 g/mol. The van der Waals surface area contributed by atoms with Gasteiger partial charge < -0.3 is 46.7 Å². The number of hydrogen-bond acceptors (Lipinski definition) is 9. The molecule has 548 valence electrons. The number of ether oxygens (including phenoxy) is 2. The van der Waals surface area contributed by atoms with Gasteiger partial charge in [0.05, 0.1) is 13.2 Å². The fourth-order valence-corrected chi connectivity index (χ4v) is 4.54. The smallest absolute Gasteiger partial charge is 0.0591 e. The topological polar surface area (TPSA) is 113 Å². The van der Waals surface area contributed by atoms with Crippen molar-refractivity contribution < 1.29 is 9.47 Å². The van der Waals surface area contributed by atoms with Gasteiger partial charge in [-0.3, -0.25) is 0 Å². The molecule has 7 aliphatic heterocycles. The Labute approximate surface area is 563 Å². The van der Waals surface area contributed by atoms with Crippen LogP contribution in [0.25, 0.3) is 0 Å². The first-order chi connectivity index (χ1) is 41.3. The van der Waals surface area contributed by atoms with Crippen molar-refractivity contribution in [1.82, 2.24) is 37.2 Å². The third-order valence-electron chi connectivity index (χ3n) is 8.61. The summed E-state index contributed by atoms with van der Waals surface area (Å²) in [5.74, 6) is 8.33. The molecule has 7 N–H and O–H groups in total. The lowest BCUT2D eigenvalue weighted by Crippen LogP contribution is -2.39. The Kier molecular flexibility index (Phi) is 131. The van der Waals surface area contributed by atoms with E-state index in [9.17, 15) is 0 Å². The Bertz CT molecular complexity index is 699.